The number of hydrogen-bond donors (Lipinski definition) is 0. The number of imidazole rings is 1. The highest BCUT2D eigenvalue weighted by Crippen LogP contribution is 2.17. The fraction of sp³-hybridized carbons (Fsp3) is 0.154. The molecule has 114 valence electrons. The minimum atomic E-state index is -3.44. The molecule has 0 saturated heterocycles. The molecule has 0 atom stereocenters. The maximum absolute atomic E-state index is 12.9. The second-order valence-electron chi connectivity index (χ2n) is 4.63. The van der Waals surface area contributed by atoms with Gasteiger partial charge in [-0.1, -0.05) is 5.16 Å². The summed E-state index contributed by atoms with van der Waals surface area (Å²) < 4.78 is 42.5. The van der Waals surface area contributed by atoms with Gasteiger partial charge in [0.1, 0.15) is 12.4 Å². The summed E-state index contributed by atoms with van der Waals surface area (Å²) in [5, 5.41) is 3.72. The lowest BCUT2D eigenvalue weighted by atomic mass is 10.2. The van der Waals surface area contributed by atoms with Crippen LogP contribution in [-0.4, -0.2) is 34.4 Å². The van der Waals surface area contributed by atoms with Gasteiger partial charge in [-0.2, -0.15) is 4.98 Å². The van der Waals surface area contributed by atoms with Crippen LogP contribution in [0.3, 0.4) is 0 Å². The molecule has 0 radical (unpaired) electrons. The average Bonchev–Trinajstić information content (AvgIpc) is 3.09. The van der Waals surface area contributed by atoms with E-state index in [9.17, 15) is 12.8 Å². The first-order valence-electron chi connectivity index (χ1n) is 6.23. The molecule has 2 heterocycles. The average molecular weight is 322 g/mol. The van der Waals surface area contributed by atoms with Crippen LogP contribution in [0.4, 0.5) is 4.39 Å². The highest BCUT2D eigenvalue weighted by atomic mass is 32.2. The van der Waals surface area contributed by atoms with Gasteiger partial charge in [0.15, 0.2) is 0 Å². The van der Waals surface area contributed by atoms with Crippen LogP contribution in [-0.2, 0) is 16.4 Å². The van der Waals surface area contributed by atoms with Crippen molar-refractivity contribution < 1.29 is 17.3 Å². The molecule has 9 heteroatoms. The van der Waals surface area contributed by atoms with Crippen molar-refractivity contribution in [1.29, 1.82) is 0 Å². The van der Waals surface area contributed by atoms with Crippen LogP contribution in [0.25, 0.3) is 11.4 Å². The van der Waals surface area contributed by atoms with E-state index in [0.29, 0.717) is 11.4 Å². The molecular weight excluding hydrogens is 311 g/mol. The summed E-state index contributed by atoms with van der Waals surface area (Å²) in [5.74, 6) is 0.168. The van der Waals surface area contributed by atoms with Crippen molar-refractivity contribution in [3.05, 3.63) is 48.4 Å². The highest BCUT2D eigenvalue weighted by molar-refractivity contribution is 7.90. The molecule has 2 aromatic heterocycles. The molecule has 22 heavy (non-hydrogen) atoms. The second kappa shape index (κ2) is 5.34. The first-order chi connectivity index (χ1) is 10.4. The predicted molar refractivity (Wildman–Crippen MR) is 74.1 cm³/mol. The van der Waals surface area contributed by atoms with Gasteiger partial charge in [0.25, 0.3) is 0 Å². The lowest BCUT2D eigenvalue weighted by molar-refractivity contribution is 0.367. The van der Waals surface area contributed by atoms with Crippen LogP contribution < -0.4 is 0 Å². The standard InChI is InChI=1S/C13H11FN4O3S/c1-22(19,20)13-15-6-7-18(13)8-11-16-12(17-21-11)9-2-4-10(14)5-3-9/h2-7H,8H2,1H3. The summed E-state index contributed by atoms with van der Waals surface area (Å²) >= 11 is 0. The molecule has 0 unspecified atom stereocenters. The molecule has 3 aromatic rings. The van der Waals surface area contributed by atoms with E-state index in [-0.39, 0.29) is 23.4 Å². The van der Waals surface area contributed by atoms with Gasteiger partial charge >= 0.3 is 0 Å². The molecule has 1 aromatic carbocycles. The van der Waals surface area contributed by atoms with E-state index in [0.717, 1.165) is 6.26 Å². The molecular formula is C13H11FN4O3S. The third-order valence-electron chi connectivity index (χ3n) is 2.89. The van der Waals surface area contributed by atoms with Crippen molar-refractivity contribution in [3.63, 3.8) is 0 Å². The van der Waals surface area contributed by atoms with Crippen molar-refractivity contribution in [3.8, 4) is 11.4 Å². The van der Waals surface area contributed by atoms with E-state index in [1.54, 1.807) is 0 Å². The fourth-order valence-corrected chi connectivity index (χ4v) is 2.73. The Morgan fingerprint density at radius 2 is 2.00 bits per heavy atom. The highest BCUT2D eigenvalue weighted by Gasteiger charge is 2.17. The normalized spacial score (nSPS) is 11.7. The minimum Gasteiger partial charge on any atom is -0.337 e. The van der Waals surface area contributed by atoms with Gasteiger partial charge in [-0.25, -0.2) is 17.8 Å². The zero-order chi connectivity index (χ0) is 15.7. The van der Waals surface area contributed by atoms with Gasteiger partial charge in [-0.15, -0.1) is 0 Å². The van der Waals surface area contributed by atoms with Crippen LogP contribution in [0.5, 0.6) is 0 Å². The van der Waals surface area contributed by atoms with Gasteiger partial charge < -0.3 is 9.09 Å². The largest absolute Gasteiger partial charge is 0.337 e. The van der Waals surface area contributed by atoms with Crippen molar-refractivity contribution in [2.75, 3.05) is 6.26 Å². The van der Waals surface area contributed by atoms with E-state index in [1.165, 1.54) is 41.2 Å². The lowest BCUT2D eigenvalue weighted by Gasteiger charge is -2.01. The smallest absolute Gasteiger partial charge is 0.246 e. The van der Waals surface area contributed by atoms with Crippen LogP contribution in [0.1, 0.15) is 5.89 Å². The summed E-state index contributed by atoms with van der Waals surface area (Å²) in [6, 6.07) is 5.65. The second-order valence-corrected chi connectivity index (χ2v) is 6.54. The Morgan fingerprint density at radius 3 is 2.68 bits per heavy atom. The molecule has 0 aliphatic heterocycles. The Bertz CT molecular complexity index is 900. The SMILES string of the molecule is CS(=O)(=O)c1nccn1Cc1nc(-c2ccc(F)cc2)no1. The van der Waals surface area contributed by atoms with Crippen molar-refractivity contribution in [2.45, 2.75) is 11.7 Å². The van der Waals surface area contributed by atoms with Crippen LogP contribution >= 0.6 is 0 Å². The van der Waals surface area contributed by atoms with Crippen LogP contribution in [0, 0.1) is 5.82 Å². The summed E-state index contributed by atoms with van der Waals surface area (Å²) in [4.78, 5) is 7.97. The molecule has 0 saturated carbocycles. The van der Waals surface area contributed by atoms with E-state index in [2.05, 4.69) is 15.1 Å². The molecule has 0 aliphatic carbocycles. The van der Waals surface area contributed by atoms with Crippen LogP contribution in [0.15, 0.2) is 46.3 Å². The Morgan fingerprint density at radius 1 is 1.27 bits per heavy atom. The molecule has 7 nitrogen and oxygen atoms in total. The summed E-state index contributed by atoms with van der Waals surface area (Å²) in [6.45, 7) is 0.0800. The Hall–Kier alpha value is -2.55. The number of benzene rings is 1. The van der Waals surface area contributed by atoms with Gasteiger partial charge in [0.2, 0.25) is 26.7 Å². The maximum atomic E-state index is 12.9. The summed E-state index contributed by atoms with van der Waals surface area (Å²) in [5.41, 5.74) is 0.602. The van der Waals surface area contributed by atoms with Crippen molar-refractivity contribution in [2.24, 2.45) is 0 Å². The van der Waals surface area contributed by atoms with E-state index in [1.807, 2.05) is 0 Å². The molecule has 0 N–H and O–H groups in total. The Kier molecular flexibility index (Phi) is 3.49. The first kappa shape index (κ1) is 14.4. The molecule has 3 rings (SSSR count). The third-order valence-corrected chi connectivity index (χ3v) is 3.89. The number of sulfone groups is 1. The minimum absolute atomic E-state index is 0.0750. The monoisotopic (exact) mass is 322 g/mol. The van der Waals surface area contributed by atoms with Gasteiger partial charge in [0.05, 0.1) is 0 Å². The zero-order valence-corrected chi connectivity index (χ0v) is 12.3. The molecule has 0 bridgehead atoms. The van der Waals surface area contributed by atoms with E-state index < -0.39 is 9.84 Å². The van der Waals surface area contributed by atoms with Crippen LogP contribution in [0.2, 0.25) is 0 Å². The molecule has 0 amide bonds. The van der Waals surface area contributed by atoms with E-state index in [4.69, 9.17) is 4.52 Å². The number of rotatable bonds is 4. The molecule has 0 spiro atoms. The Balaban J connectivity index is 1.86. The number of hydrogen-bond acceptors (Lipinski definition) is 6. The predicted octanol–water partition coefficient (Wildman–Crippen LogP) is 1.52. The summed E-state index contributed by atoms with van der Waals surface area (Å²) in [6.07, 6.45) is 3.97. The third kappa shape index (κ3) is 2.89. The number of aromatic nitrogens is 4. The quantitative estimate of drug-likeness (QED) is 0.723. The van der Waals surface area contributed by atoms with E-state index >= 15 is 0 Å². The van der Waals surface area contributed by atoms with Crippen molar-refractivity contribution >= 4 is 9.84 Å². The number of halogens is 1. The summed E-state index contributed by atoms with van der Waals surface area (Å²) in [7, 11) is -3.44. The zero-order valence-electron chi connectivity index (χ0n) is 11.5. The maximum Gasteiger partial charge on any atom is 0.246 e. The first-order valence-corrected chi connectivity index (χ1v) is 8.12. The molecule has 0 aliphatic rings. The topological polar surface area (TPSA) is 90.9 Å². The van der Waals surface area contributed by atoms with Gasteiger partial charge in [-0.05, 0) is 24.3 Å². The molecule has 0 fully saturated rings. The number of nitrogens with zero attached hydrogens (tertiary/aromatic N) is 4. The Labute approximate surface area is 125 Å². The van der Waals surface area contributed by atoms with Gasteiger partial charge in [-0.3, -0.25) is 0 Å². The lowest BCUT2D eigenvalue weighted by Crippen LogP contribution is -2.09. The fourth-order valence-electron chi connectivity index (χ4n) is 1.93. The van der Waals surface area contributed by atoms with Gasteiger partial charge in [0, 0.05) is 24.2 Å². The van der Waals surface area contributed by atoms with Crippen molar-refractivity contribution in [1.82, 2.24) is 19.7 Å².